The average molecular weight is 674 g/mol. The zero-order valence-electron chi connectivity index (χ0n) is 26.7. The summed E-state index contributed by atoms with van der Waals surface area (Å²) in [5.41, 5.74) is 7.56. The molecule has 0 radical (unpaired) electrons. The minimum absolute atomic E-state index is 0.109. The van der Waals surface area contributed by atoms with Gasteiger partial charge in [-0.1, -0.05) is 53.5 Å². The molecule has 1 saturated heterocycles. The van der Waals surface area contributed by atoms with Crippen LogP contribution in [0.25, 0.3) is 44.7 Å². The number of nitrogens with zero attached hydrogens (tertiary/aromatic N) is 4. The summed E-state index contributed by atoms with van der Waals surface area (Å²) in [7, 11) is 5.62. The summed E-state index contributed by atoms with van der Waals surface area (Å²) in [6.07, 6.45) is 5.25. The van der Waals surface area contributed by atoms with Crippen LogP contribution in [0.3, 0.4) is 0 Å². The first-order chi connectivity index (χ1) is 22.8. The number of aliphatic hydroxyl groups excluding tert-OH is 1. The molecule has 1 amide bonds. The Hall–Kier alpha value is -3.99. The van der Waals surface area contributed by atoms with Crippen molar-refractivity contribution >= 4 is 40.1 Å². The summed E-state index contributed by atoms with van der Waals surface area (Å²) < 4.78 is 7.76. The van der Waals surface area contributed by atoms with Crippen LogP contribution in [-0.4, -0.2) is 70.3 Å². The molecule has 1 aliphatic heterocycles. The number of carbonyl (C=O) groups excluding carboxylic acids is 1. The van der Waals surface area contributed by atoms with Crippen LogP contribution >= 0.6 is 23.2 Å². The van der Waals surface area contributed by atoms with Crippen molar-refractivity contribution in [3.8, 4) is 39.4 Å². The monoisotopic (exact) mass is 672 g/mol. The van der Waals surface area contributed by atoms with Gasteiger partial charge in [0.2, 0.25) is 5.91 Å². The molecule has 1 atom stereocenters. The molecule has 4 heterocycles. The number of rotatable bonds is 12. The second-order valence-corrected chi connectivity index (χ2v) is 12.7. The largest absolute Gasteiger partial charge is 0.496 e. The number of hydrogen-bond donors (Lipinski definition) is 3. The molecule has 2 aromatic carbocycles. The van der Waals surface area contributed by atoms with E-state index in [1.165, 1.54) is 0 Å². The van der Waals surface area contributed by atoms with Gasteiger partial charge in [0, 0.05) is 91.3 Å². The first kappa shape index (κ1) is 32.9. The summed E-state index contributed by atoms with van der Waals surface area (Å²) in [5.74, 6) is 0.830. The number of aryl methyl sites for hydroxylation is 1. The highest BCUT2D eigenvalue weighted by atomic mass is 35.5. The number of ether oxygens (including phenoxy) is 1. The van der Waals surface area contributed by atoms with Gasteiger partial charge in [0.25, 0.3) is 0 Å². The van der Waals surface area contributed by atoms with E-state index in [0.29, 0.717) is 48.3 Å². The van der Waals surface area contributed by atoms with E-state index in [4.69, 9.17) is 32.9 Å². The molecule has 0 bridgehead atoms. The van der Waals surface area contributed by atoms with E-state index in [0.717, 1.165) is 62.3 Å². The van der Waals surface area contributed by atoms with Gasteiger partial charge in [-0.3, -0.25) is 14.7 Å². The SMILES string of the molecule is COc1cc(-c2nccc(-c3cccc(-c4ccc5c(CN(C)CCO)cn(C)c5n4)c3Cl)c2Cl)ccc1CNC[C@@H]1CCC(=O)N1. The van der Waals surface area contributed by atoms with Crippen molar-refractivity contribution in [3.63, 3.8) is 0 Å². The van der Waals surface area contributed by atoms with Crippen molar-refractivity contribution in [2.24, 2.45) is 7.05 Å². The van der Waals surface area contributed by atoms with Crippen LogP contribution in [0.15, 0.2) is 67.0 Å². The number of halogens is 2. The van der Waals surface area contributed by atoms with Gasteiger partial charge in [0.15, 0.2) is 0 Å². The lowest BCUT2D eigenvalue weighted by Gasteiger charge is -2.16. The molecule has 3 aromatic heterocycles. The second kappa shape index (κ2) is 14.4. The lowest BCUT2D eigenvalue weighted by molar-refractivity contribution is -0.119. The minimum atomic E-state index is 0.109. The maximum atomic E-state index is 11.5. The van der Waals surface area contributed by atoms with Crippen LogP contribution in [0.5, 0.6) is 5.75 Å². The molecule has 5 aromatic rings. The normalized spacial score (nSPS) is 14.7. The number of benzene rings is 2. The summed E-state index contributed by atoms with van der Waals surface area (Å²) in [4.78, 5) is 23.2. The number of methoxy groups -OCH3 is 1. The standard InChI is InChI=1S/C36H38Cl2N6O3/c1-43(15-16-45)20-24-21-44(2)36-26(24)10-11-30(42-36)29-6-4-5-27(33(29)37)28-13-14-40-35(34(28)38)22-7-8-23(31(17-22)47-3)18-39-19-25-9-12-32(46)41-25/h4-8,10-11,13-14,17,21,25,39,45H,9,12,15-16,18-20H2,1-3H3,(H,41,46)/t25-/m0/s1. The van der Waals surface area contributed by atoms with E-state index in [2.05, 4.69) is 32.8 Å². The van der Waals surface area contributed by atoms with Crippen molar-refractivity contribution in [2.75, 3.05) is 33.9 Å². The first-order valence-corrected chi connectivity index (χ1v) is 16.4. The molecule has 244 valence electrons. The maximum absolute atomic E-state index is 11.5. The molecule has 1 fully saturated rings. The maximum Gasteiger partial charge on any atom is 0.220 e. The highest BCUT2D eigenvalue weighted by Crippen LogP contribution is 2.42. The molecule has 47 heavy (non-hydrogen) atoms. The highest BCUT2D eigenvalue weighted by Gasteiger charge is 2.21. The molecule has 3 N–H and O–H groups in total. The predicted molar refractivity (Wildman–Crippen MR) is 188 cm³/mol. The fourth-order valence-electron chi connectivity index (χ4n) is 6.19. The van der Waals surface area contributed by atoms with Crippen molar-refractivity contribution in [2.45, 2.75) is 32.0 Å². The van der Waals surface area contributed by atoms with Crippen LogP contribution in [0.1, 0.15) is 24.0 Å². The highest BCUT2D eigenvalue weighted by molar-refractivity contribution is 6.39. The second-order valence-electron chi connectivity index (χ2n) is 11.9. The number of amides is 1. The quantitative estimate of drug-likeness (QED) is 0.148. The van der Waals surface area contributed by atoms with E-state index in [1.807, 2.05) is 67.2 Å². The van der Waals surface area contributed by atoms with Crippen molar-refractivity contribution in [1.29, 1.82) is 0 Å². The number of carbonyl (C=O) groups is 1. The third kappa shape index (κ3) is 7.00. The fourth-order valence-corrected chi connectivity index (χ4v) is 6.84. The zero-order chi connectivity index (χ0) is 33.1. The van der Waals surface area contributed by atoms with Gasteiger partial charge in [-0.05, 0) is 43.3 Å². The molecule has 0 saturated carbocycles. The number of aromatic nitrogens is 3. The third-order valence-electron chi connectivity index (χ3n) is 8.63. The fraction of sp³-hybridized carbons (Fsp3) is 0.306. The Morgan fingerprint density at radius 2 is 1.89 bits per heavy atom. The number of fused-ring (bicyclic) bond motifs is 1. The van der Waals surface area contributed by atoms with Crippen molar-refractivity contribution in [3.05, 3.63) is 88.2 Å². The van der Waals surface area contributed by atoms with E-state index < -0.39 is 0 Å². The van der Waals surface area contributed by atoms with E-state index >= 15 is 0 Å². The Bertz CT molecular complexity index is 1930. The van der Waals surface area contributed by atoms with Crippen molar-refractivity contribution in [1.82, 2.24) is 30.1 Å². The number of nitrogens with one attached hydrogen (secondary N) is 2. The number of likely N-dealkylation sites (N-methyl/N-ethyl adjacent to an activating group) is 1. The van der Waals surface area contributed by atoms with Crippen LogP contribution in [0, 0.1) is 0 Å². The smallest absolute Gasteiger partial charge is 0.220 e. The average Bonchev–Trinajstić information content (AvgIpc) is 3.62. The molecule has 0 unspecified atom stereocenters. The number of pyridine rings is 2. The number of aliphatic hydroxyl groups is 1. The molecule has 11 heteroatoms. The van der Waals surface area contributed by atoms with Crippen LogP contribution in [-0.2, 0) is 24.9 Å². The Kier molecular flexibility index (Phi) is 10.1. The van der Waals surface area contributed by atoms with Gasteiger partial charge in [0.1, 0.15) is 11.4 Å². The lowest BCUT2D eigenvalue weighted by atomic mass is 9.99. The van der Waals surface area contributed by atoms with Crippen LogP contribution in [0.4, 0.5) is 0 Å². The van der Waals surface area contributed by atoms with Crippen LogP contribution < -0.4 is 15.4 Å². The zero-order valence-corrected chi connectivity index (χ0v) is 28.2. The number of hydrogen-bond acceptors (Lipinski definition) is 7. The minimum Gasteiger partial charge on any atom is -0.496 e. The van der Waals surface area contributed by atoms with Gasteiger partial charge in [-0.2, -0.15) is 0 Å². The topological polar surface area (TPSA) is 105 Å². The van der Waals surface area contributed by atoms with Crippen molar-refractivity contribution < 1.29 is 14.6 Å². The summed E-state index contributed by atoms with van der Waals surface area (Å²) in [6, 6.07) is 17.9. The van der Waals surface area contributed by atoms with E-state index in [-0.39, 0.29) is 18.6 Å². The molecular formula is C36H38Cl2N6O3. The van der Waals surface area contributed by atoms with E-state index in [9.17, 15) is 9.90 Å². The summed E-state index contributed by atoms with van der Waals surface area (Å²) in [6.45, 7) is 2.73. The Morgan fingerprint density at radius 1 is 1.09 bits per heavy atom. The van der Waals surface area contributed by atoms with Gasteiger partial charge in [0.05, 0.1) is 35.1 Å². The summed E-state index contributed by atoms with van der Waals surface area (Å²) >= 11 is 14.2. The van der Waals surface area contributed by atoms with Gasteiger partial charge >= 0.3 is 0 Å². The van der Waals surface area contributed by atoms with E-state index in [1.54, 1.807) is 13.3 Å². The Labute approximate surface area is 284 Å². The Morgan fingerprint density at radius 3 is 2.66 bits per heavy atom. The van der Waals surface area contributed by atoms with Gasteiger partial charge in [-0.15, -0.1) is 0 Å². The third-order valence-corrected chi connectivity index (χ3v) is 9.42. The molecule has 6 rings (SSSR count). The Balaban J connectivity index is 1.27. The molecule has 0 spiro atoms. The lowest BCUT2D eigenvalue weighted by Crippen LogP contribution is -2.35. The van der Waals surface area contributed by atoms with Gasteiger partial charge < -0.3 is 25.0 Å². The molecule has 9 nitrogen and oxygen atoms in total. The summed E-state index contributed by atoms with van der Waals surface area (Å²) in [5, 5.41) is 17.8. The molecule has 1 aliphatic rings. The molecular weight excluding hydrogens is 635 g/mol. The predicted octanol–water partition coefficient (Wildman–Crippen LogP) is 6.08. The van der Waals surface area contributed by atoms with Crippen LogP contribution in [0.2, 0.25) is 10.0 Å². The van der Waals surface area contributed by atoms with Gasteiger partial charge in [-0.25, -0.2) is 4.98 Å². The first-order valence-electron chi connectivity index (χ1n) is 15.6. The molecule has 0 aliphatic carbocycles.